The Hall–Kier alpha value is -2.85. The van der Waals surface area contributed by atoms with E-state index in [0.29, 0.717) is 17.4 Å². The van der Waals surface area contributed by atoms with E-state index in [4.69, 9.17) is 9.97 Å². The minimum absolute atomic E-state index is 0.328. The van der Waals surface area contributed by atoms with Gasteiger partial charge in [-0.1, -0.05) is 13.0 Å². The van der Waals surface area contributed by atoms with Gasteiger partial charge in [0.05, 0.1) is 22.8 Å². The van der Waals surface area contributed by atoms with Crippen molar-refractivity contribution in [2.45, 2.75) is 26.3 Å². The van der Waals surface area contributed by atoms with Crippen LogP contribution in [0.2, 0.25) is 0 Å². The van der Waals surface area contributed by atoms with Gasteiger partial charge in [-0.15, -0.1) is 0 Å². The Morgan fingerprint density at radius 2 is 2.24 bits per heavy atom. The molecule has 1 aliphatic rings. The number of nitriles is 1. The summed E-state index contributed by atoms with van der Waals surface area (Å²) >= 11 is 0. The van der Waals surface area contributed by atoms with E-state index >= 15 is 0 Å². The molecular formula is C18H19BN6. The predicted molar refractivity (Wildman–Crippen MR) is 101 cm³/mol. The summed E-state index contributed by atoms with van der Waals surface area (Å²) in [4.78, 5) is 9.67. The van der Waals surface area contributed by atoms with E-state index in [1.165, 1.54) is 0 Å². The number of nitrogens with zero attached hydrogens (tertiary/aromatic N) is 4. The SMILES string of the molecule is BNc1nc(-n2c(C)cc3c(C#N)cccc32)nc2c1CNCC2C. The molecule has 2 aromatic heterocycles. The molecule has 1 aromatic carbocycles. The molecule has 0 saturated heterocycles. The van der Waals surface area contributed by atoms with Crippen molar-refractivity contribution in [2.24, 2.45) is 0 Å². The summed E-state index contributed by atoms with van der Waals surface area (Å²) in [5.74, 6) is 1.84. The van der Waals surface area contributed by atoms with Crippen molar-refractivity contribution >= 4 is 24.7 Å². The van der Waals surface area contributed by atoms with Gasteiger partial charge in [-0.3, -0.25) is 4.57 Å². The van der Waals surface area contributed by atoms with E-state index in [9.17, 15) is 5.26 Å². The number of anilines is 1. The Labute approximate surface area is 147 Å². The van der Waals surface area contributed by atoms with Crippen LogP contribution < -0.4 is 10.5 Å². The number of benzene rings is 1. The van der Waals surface area contributed by atoms with Gasteiger partial charge in [-0.2, -0.15) is 10.2 Å². The maximum absolute atomic E-state index is 9.37. The van der Waals surface area contributed by atoms with Crippen LogP contribution in [0.25, 0.3) is 16.9 Å². The van der Waals surface area contributed by atoms with Gasteiger partial charge in [-0.05, 0) is 25.1 Å². The van der Waals surface area contributed by atoms with Crippen LogP contribution in [-0.2, 0) is 6.54 Å². The smallest absolute Gasteiger partial charge is 0.236 e. The van der Waals surface area contributed by atoms with Gasteiger partial charge < -0.3 is 10.5 Å². The molecule has 0 amide bonds. The number of hydrogen-bond donors (Lipinski definition) is 2. The molecule has 0 bridgehead atoms. The first-order valence-electron chi connectivity index (χ1n) is 8.45. The molecule has 0 fully saturated rings. The molecule has 4 rings (SSSR count). The van der Waals surface area contributed by atoms with Gasteiger partial charge in [0.1, 0.15) is 5.82 Å². The highest BCUT2D eigenvalue weighted by Gasteiger charge is 2.23. The second-order valence-electron chi connectivity index (χ2n) is 6.49. The first kappa shape index (κ1) is 15.7. The van der Waals surface area contributed by atoms with Crippen molar-refractivity contribution in [1.29, 1.82) is 5.26 Å². The lowest BCUT2D eigenvalue weighted by molar-refractivity contribution is 0.553. The minimum Gasteiger partial charge on any atom is -0.419 e. The maximum atomic E-state index is 9.37. The highest BCUT2D eigenvalue weighted by atomic mass is 15.2. The topological polar surface area (TPSA) is 78.6 Å². The van der Waals surface area contributed by atoms with E-state index in [-0.39, 0.29) is 0 Å². The third kappa shape index (κ3) is 2.38. The van der Waals surface area contributed by atoms with Crippen molar-refractivity contribution in [3.05, 3.63) is 46.8 Å². The molecule has 1 atom stereocenters. The fourth-order valence-corrected chi connectivity index (χ4v) is 3.61. The molecule has 2 N–H and O–H groups in total. The standard InChI is InChI=1S/C18H19BN6/c1-10-8-21-9-14-16(10)22-18(23-17(14)24-19)25-11(2)6-13-12(7-20)4-3-5-15(13)25/h3-6,10,21H,8-9,19H2,1-2H3,(H,22,23,24). The second-order valence-corrected chi connectivity index (χ2v) is 6.49. The molecule has 25 heavy (non-hydrogen) atoms. The Bertz CT molecular complexity index is 1020. The minimum atomic E-state index is 0.328. The largest absolute Gasteiger partial charge is 0.419 e. The molecule has 0 saturated carbocycles. The second kappa shape index (κ2) is 5.90. The van der Waals surface area contributed by atoms with Gasteiger partial charge in [0.25, 0.3) is 0 Å². The van der Waals surface area contributed by atoms with Gasteiger partial charge >= 0.3 is 0 Å². The number of hydrogen-bond acceptors (Lipinski definition) is 5. The molecule has 1 unspecified atom stereocenters. The lowest BCUT2D eigenvalue weighted by Gasteiger charge is -2.25. The third-order valence-electron chi connectivity index (χ3n) is 4.83. The molecule has 3 aromatic rings. The normalized spacial score (nSPS) is 16.4. The molecule has 1 aliphatic heterocycles. The fraction of sp³-hybridized carbons (Fsp3) is 0.278. The Kier molecular flexibility index (Phi) is 3.70. The number of fused-ring (bicyclic) bond motifs is 2. The van der Waals surface area contributed by atoms with Crippen LogP contribution in [0, 0.1) is 18.3 Å². The first-order valence-corrected chi connectivity index (χ1v) is 8.45. The highest BCUT2D eigenvalue weighted by Crippen LogP contribution is 2.30. The zero-order chi connectivity index (χ0) is 17.6. The highest BCUT2D eigenvalue weighted by molar-refractivity contribution is 6.15. The number of aromatic nitrogens is 3. The maximum Gasteiger partial charge on any atom is 0.236 e. The van der Waals surface area contributed by atoms with Crippen molar-refractivity contribution in [3.63, 3.8) is 0 Å². The van der Waals surface area contributed by atoms with Crippen molar-refractivity contribution in [2.75, 3.05) is 11.8 Å². The zero-order valence-electron chi connectivity index (χ0n) is 14.6. The van der Waals surface area contributed by atoms with Crippen LogP contribution >= 0.6 is 0 Å². The lowest BCUT2D eigenvalue weighted by atomic mass is 9.98. The van der Waals surface area contributed by atoms with Crippen LogP contribution in [0.4, 0.5) is 5.82 Å². The summed E-state index contributed by atoms with van der Waals surface area (Å²) in [5.41, 5.74) is 4.87. The Morgan fingerprint density at radius 3 is 3.00 bits per heavy atom. The average molecular weight is 330 g/mol. The molecule has 7 heteroatoms. The molecule has 3 heterocycles. The summed E-state index contributed by atoms with van der Waals surface area (Å²) in [6.45, 7) is 5.89. The van der Waals surface area contributed by atoms with E-state index in [2.05, 4.69) is 23.5 Å². The van der Waals surface area contributed by atoms with Gasteiger partial charge in [0.2, 0.25) is 13.9 Å². The third-order valence-corrected chi connectivity index (χ3v) is 4.83. The monoisotopic (exact) mass is 330 g/mol. The van der Waals surface area contributed by atoms with Crippen LogP contribution in [0.5, 0.6) is 0 Å². The summed E-state index contributed by atoms with van der Waals surface area (Å²) in [5, 5.41) is 16.9. The summed E-state index contributed by atoms with van der Waals surface area (Å²) < 4.78 is 2.03. The quantitative estimate of drug-likeness (QED) is 0.700. The zero-order valence-corrected chi connectivity index (χ0v) is 14.6. The lowest BCUT2D eigenvalue weighted by Crippen LogP contribution is -2.29. The van der Waals surface area contributed by atoms with Crippen LogP contribution in [0.15, 0.2) is 24.3 Å². The van der Waals surface area contributed by atoms with Crippen LogP contribution in [0.1, 0.15) is 35.4 Å². The summed E-state index contributed by atoms with van der Waals surface area (Å²) in [7, 11) is 1.89. The Morgan fingerprint density at radius 1 is 1.40 bits per heavy atom. The van der Waals surface area contributed by atoms with Crippen molar-refractivity contribution in [3.8, 4) is 12.0 Å². The molecule has 0 radical (unpaired) electrons. The van der Waals surface area contributed by atoms with Gasteiger partial charge in [0, 0.05) is 35.7 Å². The number of nitrogens with one attached hydrogen (secondary N) is 2. The molecular weight excluding hydrogens is 311 g/mol. The fourth-order valence-electron chi connectivity index (χ4n) is 3.61. The van der Waals surface area contributed by atoms with E-state index in [0.717, 1.165) is 46.8 Å². The first-order chi connectivity index (χ1) is 12.1. The van der Waals surface area contributed by atoms with Gasteiger partial charge in [-0.25, -0.2) is 4.98 Å². The molecule has 124 valence electrons. The van der Waals surface area contributed by atoms with Crippen molar-refractivity contribution < 1.29 is 0 Å². The van der Waals surface area contributed by atoms with Gasteiger partial charge in [0.15, 0.2) is 0 Å². The Balaban J connectivity index is 2.00. The van der Waals surface area contributed by atoms with E-state index in [1.807, 2.05) is 43.7 Å². The molecule has 6 nitrogen and oxygen atoms in total. The predicted octanol–water partition coefficient (Wildman–Crippen LogP) is 1.77. The van der Waals surface area contributed by atoms with Crippen LogP contribution in [-0.4, -0.2) is 29.1 Å². The number of aryl methyl sites for hydroxylation is 1. The summed E-state index contributed by atoms with van der Waals surface area (Å²) in [6, 6.07) is 10.0. The van der Waals surface area contributed by atoms with E-state index < -0.39 is 0 Å². The molecule has 0 aliphatic carbocycles. The van der Waals surface area contributed by atoms with Crippen molar-refractivity contribution in [1.82, 2.24) is 19.9 Å². The number of rotatable bonds is 2. The van der Waals surface area contributed by atoms with Crippen LogP contribution in [0.3, 0.4) is 0 Å². The summed E-state index contributed by atoms with van der Waals surface area (Å²) in [6.07, 6.45) is 0. The van der Waals surface area contributed by atoms with E-state index in [1.54, 1.807) is 0 Å². The molecule has 0 spiro atoms. The average Bonchev–Trinajstić information content (AvgIpc) is 2.97.